The highest BCUT2D eigenvalue weighted by Crippen LogP contribution is 2.19. The fraction of sp³-hybridized carbons (Fsp3) is 0.190. The molecule has 132 valence electrons. The second-order valence-corrected chi connectivity index (χ2v) is 6.34. The minimum absolute atomic E-state index is 0.227. The van der Waals surface area contributed by atoms with Crippen LogP contribution in [0.1, 0.15) is 41.4 Å². The summed E-state index contributed by atoms with van der Waals surface area (Å²) in [5.41, 5.74) is 3.53. The van der Waals surface area contributed by atoms with Gasteiger partial charge >= 0.3 is 0 Å². The van der Waals surface area contributed by atoms with Crippen LogP contribution in [0.3, 0.4) is 0 Å². The smallest absolute Gasteiger partial charge is 0.270 e. The molecule has 0 bridgehead atoms. The van der Waals surface area contributed by atoms with Crippen LogP contribution in [0.15, 0.2) is 66.9 Å². The Morgan fingerprint density at radius 3 is 2.42 bits per heavy atom. The molecule has 5 heteroatoms. The van der Waals surface area contributed by atoms with E-state index in [-0.39, 0.29) is 5.91 Å². The molecule has 1 amide bonds. The van der Waals surface area contributed by atoms with Crippen LogP contribution in [0.2, 0.25) is 0 Å². The first-order valence-corrected chi connectivity index (χ1v) is 8.64. The Kier molecular flexibility index (Phi) is 5.59. The molecule has 0 aliphatic heterocycles. The number of aromatic nitrogens is 2. The van der Waals surface area contributed by atoms with Gasteiger partial charge in [0, 0.05) is 18.4 Å². The zero-order valence-electron chi connectivity index (χ0n) is 14.9. The Bertz CT molecular complexity index is 861. The fourth-order valence-electron chi connectivity index (χ4n) is 2.49. The second-order valence-electron chi connectivity index (χ2n) is 6.34. The summed E-state index contributed by atoms with van der Waals surface area (Å²) in [6, 6.07) is 19.5. The quantitative estimate of drug-likeness (QED) is 0.699. The van der Waals surface area contributed by atoms with Crippen LogP contribution >= 0.6 is 0 Å². The van der Waals surface area contributed by atoms with Crippen molar-refractivity contribution in [2.75, 3.05) is 5.32 Å². The van der Waals surface area contributed by atoms with Crippen molar-refractivity contribution in [1.29, 1.82) is 0 Å². The van der Waals surface area contributed by atoms with Gasteiger partial charge in [-0.2, -0.15) is 0 Å². The Balaban J connectivity index is 1.64. The van der Waals surface area contributed by atoms with Crippen molar-refractivity contribution < 1.29 is 4.79 Å². The number of anilines is 2. The molecule has 26 heavy (non-hydrogen) atoms. The molecule has 0 unspecified atom stereocenters. The summed E-state index contributed by atoms with van der Waals surface area (Å²) in [7, 11) is 0. The third kappa shape index (κ3) is 4.66. The summed E-state index contributed by atoms with van der Waals surface area (Å²) in [4.78, 5) is 20.8. The predicted octanol–water partition coefficient (Wildman–Crippen LogP) is 4.27. The van der Waals surface area contributed by atoms with Crippen molar-refractivity contribution in [1.82, 2.24) is 15.3 Å². The summed E-state index contributed by atoms with van der Waals surface area (Å²) in [6.07, 6.45) is 1.58. The molecule has 0 atom stereocenters. The van der Waals surface area contributed by atoms with Crippen LogP contribution in [-0.4, -0.2) is 15.9 Å². The van der Waals surface area contributed by atoms with Gasteiger partial charge in [-0.3, -0.25) is 4.79 Å². The number of nitrogens with zero attached hydrogens (tertiary/aromatic N) is 2. The number of hydrogen-bond donors (Lipinski definition) is 2. The van der Waals surface area contributed by atoms with Gasteiger partial charge in [-0.15, -0.1) is 0 Å². The van der Waals surface area contributed by atoms with Gasteiger partial charge in [0.05, 0.1) is 0 Å². The van der Waals surface area contributed by atoms with E-state index < -0.39 is 0 Å². The minimum atomic E-state index is -0.227. The number of hydrogen-bond acceptors (Lipinski definition) is 4. The molecule has 3 rings (SSSR count). The number of benzene rings is 2. The first-order chi connectivity index (χ1) is 12.6. The van der Waals surface area contributed by atoms with E-state index >= 15 is 0 Å². The maximum atomic E-state index is 12.3. The fourth-order valence-corrected chi connectivity index (χ4v) is 2.49. The molecule has 0 radical (unpaired) electrons. The van der Waals surface area contributed by atoms with Crippen molar-refractivity contribution >= 4 is 17.5 Å². The molecule has 0 spiro atoms. The van der Waals surface area contributed by atoms with Crippen molar-refractivity contribution in [2.45, 2.75) is 26.3 Å². The number of carbonyl (C=O) groups excluding carboxylic acids is 1. The van der Waals surface area contributed by atoms with Gasteiger partial charge in [0.2, 0.25) is 5.95 Å². The number of carbonyl (C=O) groups is 1. The number of nitrogens with one attached hydrogen (secondary N) is 2. The van der Waals surface area contributed by atoms with Crippen molar-refractivity contribution in [3.05, 3.63) is 83.7 Å². The summed E-state index contributed by atoms with van der Waals surface area (Å²) in [6.45, 7) is 4.77. The maximum Gasteiger partial charge on any atom is 0.270 e. The van der Waals surface area contributed by atoms with Gasteiger partial charge in [-0.05, 0) is 35.2 Å². The molecule has 2 aromatic carbocycles. The predicted molar refractivity (Wildman–Crippen MR) is 103 cm³/mol. The van der Waals surface area contributed by atoms with Gasteiger partial charge in [0.1, 0.15) is 5.69 Å². The van der Waals surface area contributed by atoms with E-state index in [0.29, 0.717) is 24.1 Å². The molecular formula is C21H22N4O. The van der Waals surface area contributed by atoms with Crippen molar-refractivity contribution in [3.8, 4) is 0 Å². The molecule has 0 saturated carbocycles. The van der Waals surface area contributed by atoms with Crippen LogP contribution in [0.25, 0.3) is 0 Å². The average molecular weight is 346 g/mol. The van der Waals surface area contributed by atoms with Crippen LogP contribution in [0.5, 0.6) is 0 Å². The highest BCUT2D eigenvalue weighted by Gasteiger charge is 2.09. The molecule has 1 aromatic heterocycles. The summed E-state index contributed by atoms with van der Waals surface area (Å²) in [5, 5.41) is 6.01. The number of amides is 1. The summed E-state index contributed by atoms with van der Waals surface area (Å²) >= 11 is 0. The standard InChI is InChI=1S/C21H22N4O/c1-15(2)17-8-10-18(11-9-17)24-21-22-13-12-19(25-21)20(26)23-14-16-6-4-3-5-7-16/h3-13,15H,14H2,1-2H3,(H,23,26)(H,22,24,25). The summed E-state index contributed by atoms with van der Waals surface area (Å²) in [5.74, 6) is 0.654. The second kappa shape index (κ2) is 8.25. The lowest BCUT2D eigenvalue weighted by atomic mass is 10.0. The van der Waals surface area contributed by atoms with Crippen molar-refractivity contribution in [3.63, 3.8) is 0 Å². The molecule has 5 nitrogen and oxygen atoms in total. The zero-order chi connectivity index (χ0) is 18.4. The average Bonchev–Trinajstić information content (AvgIpc) is 2.67. The van der Waals surface area contributed by atoms with Gasteiger partial charge in [0.25, 0.3) is 5.91 Å². The van der Waals surface area contributed by atoms with E-state index in [1.54, 1.807) is 12.3 Å². The molecular weight excluding hydrogens is 324 g/mol. The first kappa shape index (κ1) is 17.6. The molecule has 2 N–H and O–H groups in total. The molecule has 0 aliphatic rings. The SMILES string of the molecule is CC(C)c1ccc(Nc2nccc(C(=O)NCc3ccccc3)n2)cc1. The van der Waals surface area contributed by atoms with E-state index in [0.717, 1.165) is 11.3 Å². The molecule has 1 heterocycles. The van der Waals surface area contributed by atoms with E-state index in [4.69, 9.17) is 0 Å². The topological polar surface area (TPSA) is 66.9 Å². The van der Waals surface area contributed by atoms with Gasteiger partial charge in [0.15, 0.2) is 0 Å². The summed E-state index contributed by atoms with van der Waals surface area (Å²) < 4.78 is 0. The Morgan fingerprint density at radius 1 is 1.00 bits per heavy atom. The van der Waals surface area contributed by atoms with Crippen LogP contribution < -0.4 is 10.6 Å². The highest BCUT2D eigenvalue weighted by molar-refractivity contribution is 5.92. The van der Waals surface area contributed by atoms with Gasteiger partial charge in [-0.1, -0.05) is 56.3 Å². The lowest BCUT2D eigenvalue weighted by Crippen LogP contribution is -2.24. The largest absolute Gasteiger partial charge is 0.347 e. The third-order valence-corrected chi connectivity index (χ3v) is 4.02. The molecule has 0 saturated heterocycles. The monoisotopic (exact) mass is 346 g/mol. The number of rotatable bonds is 6. The van der Waals surface area contributed by atoms with E-state index in [9.17, 15) is 4.79 Å². The third-order valence-electron chi connectivity index (χ3n) is 4.02. The lowest BCUT2D eigenvalue weighted by molar-refractivity contribution is 0.0946. The van der Waals surface area contributed by atoms with Gasteiger partial charge < -0.3 is 10.6 Å². The van der Waals surface area contributed by atoms with Crippen LogP contribution in [-0.2, 0) is 6.54 Å². The lowest BCUT2D eigenvalue weighted by Gasteiger charge is -2.09. The van der Waals surface area contributed by atoms with Crippen LogP contribution in [0, 0.1) is 0 Å². The molecule has 3 aromatic rings. The van der Waals surface area contributed by atoms with Crippen LogP contribution in [0.4, 0.5) is 11.6 Å². The molecule has 0 fully saturated rings. The highest BCUT2D eigenvalue weighted by atomic mass is 16.1. The zero-order valence-corrected chi connectivity index (χ0v) is 14.9. The van der Waals surface area contributed by atoms with E-state index in [1.807, 2.05) is 42.5 Å². The van der Waals surface area contributed by atoms with Crippen molar-refractivity contribution in [2.24, 2.45) is 0 Å². The normalized spacial score (nSPS) is 10.6. The Hall–Kier alpha value is -3.21. The Morgan fingerprint density at radius 2 is 1.73 bits per heavy atom. The van der Waals surface area contributed by atoms with E-state index in [1.165, 1.54) is 5.56 Å². The van der Waals surface area contributed by atoms with Gasteiger partial charge in [-0.25, -0.2) is 9.97 Å². The minimum Gasteiger partial charge on any atom is -0.347 e. The van der Waals surface area contributed by atoms with E-state index in [2.05, 4.69) is 46.6 Å². The first-order valence-electron chi connectivity index (χ1n) is 8.64. The maximum absolute atomic E-state index is 12.3. The molecule has 0 aliphatic carbocycles. The Labute approximate surface area is 153 Å².